The van der Waals surface area contributed by atoms with Gasteiger partial charge in [0.15, 0.2) is 0 Å². The number of aliphatic hydroxyl groups excluding tert-OH is 1. The Morgan fingerprint density at radius 1 is 0.633 bits per heavy atom. The van der Waals surface area contributed by atoms with Crippen LogP contribution < -0.4 is 0 Å². The largest absolute Gasteiger partial charge is 0.396 e. The minimum absolute atomic E-state index is 0.0523. The van der Waals surface area contributed by atoms with E-state index in [4.69, 9.17) is 23.7 Å². The molecule has 6 heteroatoms. The fourth-order valence-corrected chi connectivity index (χ4v) is 3.15. The molecule has 0 aromatic heterocycles. The lowest BCUT2D eigenvalue weighted by Crippen LogP contribution is -2.51. The van der Waals surface area contributed by atoms with Gasteiger partial charge in [-0.3, -0.25) is 0 Å². The predicted octanol–water partition coefficient (Wildman–Crippen LogP) is 4.76. The second-order valence-electron chi connectivity index (χ2n) is 7.86. The summed E-state index contributed by atoms with van der Waals surface area (Å²) in [5.74, 6) is 0. The molecule has 0 aliphatic rings. The molecule has 0 unspecified atom stereocenters. The van der Waals surface area contributed by atoms with Gasteiger partial charge in [-0.25, -0.2) is 0 Å². The summed E-state index contributed by atoms with van der Waals surface area (Å²) in [7, 11) is 1.70. The molecular formula is C24H50O6. The van der Waals surface area contributed by atoms with Crippen molar-refractivity contribution in [3.8, 4) is 0 Å². The Morgan fingerprint density at radius 3 is 1.57 bits per heavy atom. The smallest absolute Gasteiger partial charge is 0.115 e. The van der Waals surface area contributed by atoms with Gasteiger partial charge >= 0.3 is 0 Å². The van der Waals surface area contributed by atoms with Crippen LogP contribution in [0.2, 0.25) is 0 Å². The first kappa shape index (κ1) is 29.8. The van der Waals surface area contributed by atoms with Crippen LogP contribution in [0.15, 0.2) is 0 Å². The van der Waals surface area contributed by atoms with E-state index in [1.165, 1.54) is 0 Å². The molecule has 0 saturated carbocycles. The molecule has 4 atom stereocenters. The summed E-state index contributed by atoms with van der Waals surface area (Å²) in [5.41, 5.74) is 0. The standard InChI is InChI=1S/C24H50O6/c1-6-10-16-27-20-22(26-5)24(30-19-13-9-4)23(29-18-12-8-3)21(14-15-25)28-17-11-7-2/h21-25H,6-20H2,1-5H3/t21-,22+,23-,24+/m0/s1. The van der Waals surface area contributed by atoms with Gasteiger partial charge in [-0.05, 0) is 32.1 Å². The van der Waals surface area contributed by atoms with Crippen LogP contribution in [-0.2, 0) is 23.7 Å². The summed E-state index contributed by atoms with van der Waals surface area (Å²) in [4.78, 5) is 0. The minimum Gasteiger partial charge on any atom is -0.396 e. The van der Waals surface area contributed by atoms with Crippen molar-refractivity contribution in [1.29, 1.82) is 0 Å². The Hall–Kier alpha value is -0.240. The van der Waals surface area contributed by atoms with Crippen LogP contribution in [0.4, 0.5) is 0 Å². The zero-order valence-corrected chi connectivity index (χ0v) is 20.4. The van der Waals surface area contributed by atoms with E-state index in [2.05, 4.69) is 27.7 Å². The van der Waals surface area contributed by atoms with E-state index >= 15 is 0 Å². The molecule has 0 radical (unpaired) electrons. The summed E-state index contributed by atoms with van der Waals surface area (Å²) in [5, 5.41) is 9.67. The van der Waals surface area contributed by atoms with E-state index in [0.29, 0.717) is 39.5 Å². The highest BCUT2D eigenvalue weighted by atomic mass is 16.6. The van der Waals surface area contributed by atoms with Gasteiger partial charge in [-0.1, -0.05) is 53.4 Å². The van der Waals surface area contributed by atoms with Crippen LogP contribution in [0.25, 0.3) is 0 Å². The molecule has 0 fully saturated rings. The molecule has 0 rings (SSSR count). The van der Waals surface area contributed by atoms with E-state index < -0.39 is 0 Å². The summed E-state index contributed by atoms with van der Waals surface area (Å²) < 4.78 is 30.5. The fraction of sp³-hybridized carbons (Fsp3) is 1.00. The molecule has 0 heterocycles. The first-order chi connectivity index (χ1) is 14.7. The quantitative estimate of drug-likeness (QED) is 0.234. The highest BCUT2D eigenvalue weighted by molar-refractivity contribution is 4.86. The third-order valence-electron chi connectivity index (χ3n) is 5.14. The summed E-state index contributed by atoms with van der Waals surface area (Å²) >= 11 is 0. The maximum atomic E-state index is 9.67. The van der Waals surface area contributed by atoms with E-state index in [0.717, 1.165) is 51.4 Å². The molecule has 182 valence electrons. The molecule has 0 bridgehead atoms. The Bertz CT molecular complexity index is 342. The normalized spacial score (nSPS) is 15.8. The summed E-state index contributed by atoms with van der Waals surface area (Å²) in [6, 6.07) is 0. The molecule has 0 aromatic carbocycles. The third kappa shape index (κ3) is 13.9. The van der Waals surface area contributed by atoms with Gasteiger partial charge in [0.05, 0.1) is 12.7 Å². The SMILES string of the molecule is CCCCOC[C@@H](OC)[C@@H](OCCCC)[C@@H](OCCCC)[C@H](CCO)OCCCC. The molecule has 0 aromatic rings. The van der Waals surface area contributed by atoms with Gasteiger partial charge < -0.3 is 28.8 Å². The number of rotatable bonds is 23. The number of methoxy groups -OCH3 is 1. The summed E-state index contributed by atoms with van der Waals surface area (Å²) in [6.45, 7) is 11.8. The van der Waals surface area contributed by atoms with Gasteiger partial charge in [0.25, 0.3) is 0 Å². The van der Waals surface area contributed by atoms with Crippen LogP contribution in [0, 0.1) is 0 Å². The van der Waals surface area contributed by atoms with Gasteiger partial charge in [0.2, 0.25) is 0 Å². The number of ether oxygens (including phenoxy) is 5. The minimum atomic E-state index is -0.308. The maximum absolute atomic E-state index is 9.67. The number of aliphatic hydroxyl groups is 1. The van der Waals surface area contributed by atoms with Gasteiger partial charge in [0.1, 0.15) is 18.3 Å². The molecule has 30 heavy (non-hydrogen) atoms. The second-order valence-corrected chi connectivity index (χ2v) is 7.86. The van der Waals surface area contributed by atoms with Crippen molar-refractivity contribution >= 4 is 0 Å². The van der Waals surface area contributed by atoms with Gasteiger partial charge in [-0.15, -0.1) is 0 Å². The zero-order chi connectivity index (χ0) is 22.5. The van der Waals surface area contributed by atoms with Crippen molar-refractivity contribution in [2.45, 2.75) is 110 Å². The number of unbranched alkanes of at least 4 members (excludes halogenated alkanes) is 4. The first-order valence-electron chi connectivity index (χ1n) is 12.3. The van der Waals surface area contributed by atoms with Crippen molar-refractivity contribution in [3.63, 3.8) is 0 Å². The van der Waals surface area contributed by atoms with E-state index in [1.54, 1.807) is 7.11 Å². The Labute approximate surface area is 185 Å². The Balaban J connectivity index is 5.45. The van der Waals surface area contributed by atoms with Crippen molar-refractivity contribution in [1.82, 2.24) is 0 Å². The van der Waals surface area contributed by atoms with Crippen molar-refractivity contribution in [2.75, 3.05) is 46.8 Å². The van der Waals surface area contributed by atoms with Crippen molar-refractivity contribution in [3.05, 3.63) is 0 Å². The monoisotopic (exact) mass is 434 g/mol. The molecule has 0 spiro atoms. The summed E-state index contributed by atoms with van der Waals surface area (Å²) in [6.07, 6.45) is 7.67. The van der Waals surface area contributed by atoms with Gasteiger partial charge in [-0.2, -0.15) is 0 Å². The van der Waals surface area contributed by atoms with E-state index in [1.807, 2.05) is 0 Å². The van der Waals surface area contributed by atoms with Gasteiger partial charge in [0, 0.05) is 40.1 Å². The fourth-order valence-electron chi connectivity index (χ4n) is 3.15. The van der Waals surface area contributed by atoms with Crippen LogP contribution in [0.1, 0.15) is 85.5 Å². The number of hydrogen-bond donors (Lipinski definition) is 1. The molecule has 6 nitrogen and oxygen atoms in total. The highest BCUT2D eigenvalue weighted by Crippen LogP contribution is 2.22. The lowest BCUT2D eigenvalue weighted by atomic mass is 10.00. The number of hydrogen-bond acceptors (Lipinski definition) is 6. The molecule has 0 saturated heterocycles. The van der Waals surface area contributed by atoms with E-state index in [-0.39, 0.29) is 31.0 Å². The maximum Gasteiger partial charge on any atom is 0.115 e. The van der Waals surface area contributed by atoms with Crippen LogP contribution >= 0.6 is 0 Å². The van der Waals surface area contributed by atoms with Crippen LogP contribution in [0.3, 0.4) is 0 Å². The molecule has 0 amide bonds. The molecule has 0 aliphatic carbocycles. The first-order valence-corrected chi connectivity index (χ1v) is 12.3. The Morgan fingerprint density at radius 2 is 1.10 bits per heavy atom. The van der Waals surface area contributed by atoms with E-state index in [9.17, 15) is 5.11 Å². The van der Waals surface area contributed by atoms with Crippen LogP contribution in [0.5, 0.6) is 0 Å². The average molecular weight is 435 g/mol. The third-order valence-corrected chi connectivity index (χ3v) is 5.14. The lowest BCUT2D eigenvalue weighted by molar-refractivity contribution is -0.186. The van der Waals surface area contributed by atoms with Crippen molar-refractivity contribution in [2.24, 2.45) is 0 Å². The molecule has 1 N–H and O–H groups in total. The topological polar surface area (TPSA) is 66.4 Å². The highest BCUT2D eigenvalue weighted by Gasteiger charge is 2.37. The molecule has 0 aliphatic heterocycles. The Kier molecular flexibility index (Phi) is 21.8. The van der Waals surface area contributed by atoms with Crippen molar-refractivity contribution < 1.29 is 28.8 Å². The lowest BCUT2D eigenvalue weighted by Gasteiger charge is -2.37. The van der Waals surface area contributed by atoms with Crippen LogP contribution in [-0.4, -0.2) is 76.3 Å². The zero-order valence-electron chi connectivity index (χ0n) is 20.4. The second kappa shape index (κ2) is 22.0. The average Bonchev–Trinajstić information content (AvgIpc) is 2.75. The molecular weight excluding hydrogens is 384 g/mol. The predicted molar refractivity (Wildman–Crippen MR) is 122 cm³/mol.